The highest BCUT2D eigenvalue weighted by atomic mass is 16.7. The molecule has 1 aromatic carbocycles. The third kappa shape index (κ3) is 6.29. The Hall–Kier alpha value is -4.91. The maximum Gasteiger partial charge on any atom is 0.339 e. The summed E-state index contributed by atoms with van der Waals surface area (Å²) in [4.78, 5) is 83.8. The third-order valence-electron chi connectivity index (χ3n) is 11.0. The molecule has 3 fully saturated rings. The molecular weight excluding hydrogens is 674 g/mol. The zero-order chi connectivity index (χ0) is 37.7. The molecule has 4 aliphatic rings. The summed E-state index contributed by atoms with van der Waals surface area (Å²) in [6.45, 7) is 10.4. The van der Waals surface area contributed by atoms with Gasteiger partial charge >= 0.3 is 29.8 Å². The first-order valence-corrected chi connectivity index (χ1v) is 17.3. The van der Waals surface area contributed by atoms with Crippen LogP contribution in [0, 0.1) is 29.1 Å². The number of Topliss-reactive ketones (excluding diaryl/α,β-unsaturated/α-hetero) is 1. The van der Waals surface area contributed by atoms with Crippen molar-refractivity contribution in [2.75, 3.05) is 6.61 Å². The molecule has 6 rings (SSSR count). The van der Waals surface area contributed by atoms with Gasteiger partial charge in [-0.15, -0.1) is 0 Å². The van der Waals surface area contributed by atoms with Crippen LogP contribution >= 0.6 is 0 Å². The number of hydrogen-bond donors (Lipinski definition) is 0. The van der Waals surface area contributed by atoms with Gasteiger partial charge in [0.15, 0.2) is 23.1 Å². The molecule has 0 N–H and O–H groups in total. The highest BCUT2D eigenvalue weighted by Gasteiger charge is 2.84. The normalized spacial score (nSPS) is 36.9. The molecule has 52 heavy (non-hydrogen) atoms. The van der Waals surface area contributed by atoms with E-state index in [2.05, 4.69) is 4.98 Å². The number of rotatable bonds is 8. The molecule has 13 heteroatoms. The number of pyridine rings is 1. The molecule has 0 amide bonds. The van der Waals surface area contributed by atoms with Crippen molar-refractivity contribution in [2.45, 2.75) is 90.5 Å². The molecule has 11 atom stereocenters. The first-order valence-electron chi connectivity index (χ1n) is 17.3. The third-order valence-corrected chi connectivity index (χ3v) is 11.0. The van der Waals surface area contributed by atoms with Gasteiger partial charge in [-0.2, -0.15) is 0 Å². The molecule has 3 aliphatic carbocycles. The fourth-order valence-corrected chi connectivity index (χ4v) is 8.77. The summed E-state index contributed by atoms with van der Waals surface area (Å²) in [5, 5.41) is 0. The van der Waals surface area contributed by atoms with Crippen LogP contribution in [0.5, 0.6) is 0 Å². The van der Waals surface area contributed by atoms with Crippen LogP contribution in [-0.4, -0.2) is 82.8 Å². The lowest BCUT2D eigenvalue weighted by Crippen LogP contribution is -2.43. The molecule has 1 aliphatic heterocycles. The van der Waals surface area contributed by atoms with Gasteiger partial charge in [-0.25, -0.2) is 9.59 Å². The van der Waals surface area contributed by atoms with E-state index in [1.54, 1.807) is 69.3 Å². The maximum atomic E-state index is 14.8. The molecule has 2 aromatic rings. The van der Waals surface area contributed by atoms with Crippen molar-refractivity contribution in [1.82, 2.24) is 4.98 Å². The van der Waals surface area contributed by atoms with Crippen LogP contribution in [0.4, 0.5) is 0 Å². The molecule has 1 saturated heterocycles. The minimum Gasteiger partial charge on any atom is -0.461 e. The van der Waals surface area contributed by atoms with E-state index in [-0.39, 0.29) is 35.9 Å². The lowest BCUT2D eigenvalue weighted by atomic mass is 9.80. The predicted molar refractivity (Wildman–Crippen MR) is 180 cm³/mol. The van der Waals surface area contributed by atoms with Crippen molar-refractivity contribution >= 4 is 35.6 Å². The van der Waals surface area contributed by atoms with Crippen molar-refractivity contribution < 1.29 is 57.2 Å². The summed E-state index contributed by atoms with van der Waals surface area (Å²) in [5.41, 5.74) is -3.16. The Bertz CT molecular complexity index is 1810. The molecule has 2 heterocycles. The molecule has 0 bridgehead atoms. The number of carbonyl (C=O) groups is 6. The van der Waals surface area contributed by atoms with Crippen LogP contribution in [0.25, 0.3) is 0 Å². The van der Waals surface area contributed by atoms with Gasteiger partial charge in [-0.3, -0.25) is 24.2 Å². The molecule has 0 unspecified atom stereocenters. The smallest absolute Gasteiger partial charge is 0.339 e. The highest BCUT2D eigenvalue weighted by molar-refractivity contribution is 5.96. The van der Waals surface area contributed by atoms with Crippen LogP contribution in [0.1, 0.15) is 75.6 Å². The summed E-state index contributed by atoms with van der Waals surface area (Å²) in [7, 11) is 0. The molecule has 1 aromatic heterocycles. The average molecular weight is 718 g/mol. The van der Waals surface area contributed by atoms with E-state index in [0.29, 0.717) is 5.57 Å². The predicted octanol–water partition coefficient (Wildman–Crippen LogP) is 4.22. The Kier molecular flexibility index (Phi) is 9.62. The quantitative estimate of drug-likeness (QED) is 0.164. The number of epoxide rings is 1. The Balaban J connectivity index is 1.52. The lowest BCUT2D eigenvalue weighted by Gasteiger charge is -2.30. The van der Waals surface area contributed by atoms with E-state index in [0.717, 1.165) is 0 Å². The Morgan fingerprint density at radius 1 is 0.827 bits per heavy atom. The topological polar surface area (TPSA) is 174 Å². The van der Waals surface area contributed by atoms with Crippen LogP contribution < -0.4 is 0 Å². The number of aromatic nitrogens is 1. The molecule has 276 valence electrons. The first kappa shape index (κ1) is 36.9. The summed E-state index contributed by atoms with van der Waals surface area (Å²) in [6.07, 6.45) is 0.242. The minimum atomic E-state index is -1.46. The number of esters is 5. The second-order valence-corrected chi connectivity index (χ2v) is 14.7. The zero-order valence-electron chi connectivity index (χ0n) is 30.2. The van der Waals surface area contributed by atoms with Crippen molar-refractivity contribution in [3.05, 3.63) is 77.6 Å². The van der Waals surface area contributed by atoms with Crippen molar-refractivity contribution in [1.29, 1.82) is 0 Å². The SMILES string of the molecule is CC(=O)O[C@H]1[C@@H]2[C@@H]([C@H](OC(=O)c3ccccc3)[C@H](OC(C)=O)/C(C)=C/[C@@]34O[C@@]3(C[C@@H](C)[C@@H]4OC(C)=O)C(=O)[C@@H]1C)[C@]2(C)COC(=O)c1cccnc1. The van der Waals surface area contributed by atoms with Gasteiger partial charge in [0.1, 0.15) is 18.3 Å². The van der Waals surface area contributed by atoms with E-state index in [9.17, 15) is 28.8 Å². The van der Waals surface area contributed by atoms with Crippen molar-refractivity contribution in [3.8, 4) is 0 Å². The van der Waals surface area contributed by atoms with Gasteiger partial charge < -0.3 is 28.4 Å². The number of carbonyl (C=O) groups excluding carboxylic acids is 6. The maximum absolute atomic E-state index is 14.8. The highest BCUT2D eigenvalue weighted by Crippen LogP contribution is 2.69. The summed E-state index contributed by atoms with van der Waals surface area (Å²) < 4.78 is 36.3. The average Bonchev–Trinajstić information content (AvgIpc) is 3.92. The van der Waals surface area contributed by atoms with Crippen LogP contribution in [0.2, 0.25) is 0 Å². The fraction of sp³-hybridized carbons (Fsp3) is 0.513. The monoisotopic (exact) mass is 717 g/mol. The summed E-state index contributed by atoms with van der Waals surface area (Å²) in [6, 6.07) is 11.4. The van der Waals surface area contributed by atoms with Crippen LogP contribution in [-0.2, 0) is 47.6 Å². The fourth-order valence-electron chi connectivity index (χ4n) is 8.77. The number of hydrogen-bond acceptors (Lipinski definition) is 13. The standard InChI is InChI=1S/C39H43NO12/c1-20-16-39-34(50-25(6)43)21(2)17-38(39,52-39)33(44)22(3)31(49-24(5)42)28-29(37(28,7)19-47-35(45)27-14-11-15-40-18-27)32(30(20)48-23(4)41)51-36(46)26-12-9-8-10-13-26/h8-16,18,21-22,28-32,34H,17,19H2,1-7H3/b20-16+/t21-,22-,28+,29+,30-,31-,32+,34+,37-,38+,39+/m1/s1. The van der Waals surface area contributed by atoms with E-state index in [4.69, 9.17) is 28.4 Å². The largest absolute Gasteiger partial charge is 0.461 e. The Morgan fingerprint density at radius 3 is 2.08 bits per heavy atom. The van der Waals surface area contributed by atoms with Gasteiger partial charge in [0.05, 0.1) is 23.7 Å². The van der Waals surface area contributed by atoms with Gasteiger partial charge in [0.25, 0.3) is 0 Å². The zero-order valence-corrected chi connectivity index (χ0v) is 30.2. The second kappa shape index (κ2) is 13.6. The number of nitrogens with zero attached hydrogens (tertiary/aromatic N) is 1. The summed E-state index contributed by atoms with van der Waals surface area (Å²) >= 11 is 0. The first-order chi connectivity index (χ1) is 24.6. The lowest BCUT2D eigenvalue weighted by molar-refractivity contribution is -0.155. The number of ketones is 1. The van der Waals surface area contributed by atoms with E-state index in [1.165, 1.54) is 33.2 Å². The van der Waals surface area contributed by atoms with Crippen molar-refractivity contribution in [3.63, 3.8) is 0 Å². The van der Waals surface area contributed by atoms with E-state index >= 15 is 0 Å². The second-order valence-electron chi connectivity index (χ2n) is 14.7. The Labute approximate surface area is 301 Å². The van der Waals surface area contributed by atoms with Crippen LogP contribution in [0.3, 0.4) is 0 Å². The molecule has 0 radical (unpaired) electrons. The minimum absolute atomic E-state index is 0.198. The van der Waals surface area contributed by atoms with Gasteiger partial charge in [0.2, 0.25) is 0 Å². The molecule has 0 spiro atoms. The van der Waals surface area contributed by atoms with Gasteiger partial charge in [0, 0.05) is 50.4 Å². The number of fused-ring (bicyclic) bond motifs is 1. The van der Waals surface area contributed by atoms with Gasteiger partial charge in [-0.1, -0.05) is 39.0 Å². The molecule has 13 nitrogen and oxygen atoms in total. The molecule has 2 saturated carbocycles. The van der Waals surface area contributed by atoms with Crippen LogP contribution in [0.15, 0.2) is 66.5 Å². The van der Waals surface area contributed by atoms with E-state index in [1.807, 2.05) is 6.92 Å². The molecular formula is C39H43NO12. The Morgan fingerprint density at radius 2 is 1.46 bits per heavy atom. The van der Waals surface area contributed by atoms with Gasteiger partial charge in [-0.05, 0) is 55.2 Å². The number of benzene rings is 1. The van der Waals surface area contributed by atoms with Crippen molar-refractivity contribution in [2.24, 2.45) is 29.1 Å². The number of ether oxygens (including phenoxy) is 6. The summed E-state index contributed by atoms with van der Waals surface area (Å²) in [5.74, 6) is -6.50. The van der Waals surface area contributed by atoms with E-state index < -0.39 is 88.6 Å².